The molecule has 25 heavy (non-hydrogen) atoms. The fourth-order valence-electron chi connectivity index (χ4n) is 2.13. The second-order valence-electron chi connectivity index (χ2n) is 5.55. The van der Waals surface area contributed by atoms with Gasteiger partial charge in [0, 0.05) is 0 Å². The second kappa shape index (κ2) is 8.24. The first kappa shape index (κ1) is 18.4. The van der Waals surface area contributed by atoms with Gasteiger partial charge in [-0.15, -0.1) is 0 Å². The first-order valence-electron chi connectivity index (χ1n) is 7.58. The number of rotatable bonds is 9. The maximum absolute atomic E-state index is 11.8. The van der Waals surface area contributed by atoms with Crippen molar-refractivity contribution in [2.45, 2.75) is 26.6 Å². The number of fused-ring (bicyclic) bond motifs is 1. The van der Waals surface area contributed by atoms with E-state index in [2.05, 4.69) is 20.3 Å². The number of aromatic amines is 1. The van der Waals surface area contributed by atoms with Crippen LogP contribution in [-0.4, -0.2) is 51.2 Å². The van der Waals surface area contributed by atoms with Gasteiger partial charge < -0.3 is 20.5 Å². The summed E-state index contributed by atoms with van der Waals surface area (Å²) in [6, 6.07) is -0.700. The monoisotopic (exact) mass is 352 g/mol. The Morgan fingerprint density at radius 3 is 2.92 bits per heavy atom. The van der Waals surface area contributed by atoms with E-state index in [9.17, 15) is 14.4 Å². The molecule has 4 N–H and O–H groups in total. The van der Waals surface area contributed by atoms with E-state index in [1.807, 2.05) is 0 Å². The van der Waals surface area contributed by atoms with Gasteiger partial charge in [0.1, 0.15) is 19.4 Å². The second-order valence-corrected chi connectivity index (χ2v) is 5.55. The lowest BCUT2D eigenvalue weighted by Crippen LogP contribution is -2.41. The first-order valence-corrected chi connectivity index (χ1v) is 7.58. The summed E-state index contributed by atoms with van der Waals surface area (Å²) < 4.78 is 11.9. The van der Waals surface area contributed by atoms with Crippen LogP contribution in [-0.2, 0) is 25.8 Å². The summed E-state index contributed by atoms with van der Waals surface area (Å²) >= 11 is 0. The van der Waals surface area contributed by atoms with E-state index in [4.69, 9.17) is 15.2 Å². The lowest BCUT2D eigenvalue weighted by Gasteiger charge is -2.18. The number of anilines is 1. The molecule has 11 nitrogen and oxygen atoms in total. The van der Waals surface area contributed by atoms with Crippen molar-refractivity contribution in [1.29, 1.82) is 0 Å². The van der Waals surface area contributed by atoms with Crippen molar-refractivity contribution in [1.82, 2.24) is 24.8 Å². The van der Waals surface area contributed by atoms with E-state index in [0.29, 0.717) is 12.1 Å². The average Bonchev–Trinajstić information content (AvgIpc) is 2.95. The molecular weight excluding hydrogens is 332 g/mol. The highest BCUT2D eigenvalue weighted by atomic mass is 16.6. The van der Waals surface area contributed by atoms with Gasteiger partial charge in [0.05, 0.1) is 12.9 Å². The van der Waals surface area contributed by atoms with Crippen LogP contribution < -0.4 is 16.6 Å². The quantitative estimate of drug-likeness (QED) is 0.295. The molecule has 2 aromatic heterocycles. The number of ether oxygens (including phenoxy) is 2. The van der Waals surface area contributed by atoms with Crippen LogP contribution in [0.4, 0.5) is 5.95 Å². The third kappa shape index (κ3) is 4.53. The number of nitrogens with zero attached hydrogens (tertiary/aromatic N) is 3. The topological polar surface area (TPSA) is 154 Å². The van der Waals surface area contributed by atoms with Gasteiger partial charge in [0.25, 0.3) is 5.56 Å². The SMILES string of the molecule is CC(C)C(NC=O)C(=O)OCCOCn1cnc2c(=O)[nH]c(N)nc21. The van der Waals surface area contributed by atoms with Crippen LogP contribution in [0.2, 0.25) is 0 Å². The van der Waals surface area contributed by atoms with Crippen molar-refractivity contribution >= 4 is 29.5 Å². The maximum atomic E-state index is 11.8. The zero-order chi connectivity index (χ0) is 18.4. The molecule has 0 fully saturated rings. The number of carbonyl (C=O) groups is 2. The lowest BCUT2D eigenvalue weighted by atomic mass is 10.1. The molecule has 11 heteroatoms. The van der Waals surface area contributed by atoms with Crippen LogP contribution >= 0.6 is 0 Å². The molecule has 2 aromatic rings. The number of nitrogen functional groups attached to an aromatic ring is 1. The zero-order valence-electron chi connectivity index (χ0n) is 13.9. The smallest absolute Gasteiger partial charge is 0.328 e. The summed E-state index contributed by atoms with van der Waals surface area (Å²) in [5.41, 5.74) is 5.53. The summed E-state index contributed by atoms with van der Waals surface area (Å²) in [4.78, 5) is 44.3. The van der Waals surface area contributed by atoms with Crippen molar-refractivity contribution in [2.24, 2.45) is 5.92 Å². The Hall–Kier alpha value is -2.95. The molecular formula is C14H20N6O5. The van der Waals surface area contributed by atoms with Gasteiger partial charge in [-0.1, -0.05) is 13.8 Å². The fraction of sp³-hybridized carbons (Fsp3) is 0.500. The molecule has 2 rings (SSSR count). The molecule has 0 bridgehead atoms. The number of carbonyl (C=O) groups excluding carboxylic acids is 2. The molecule has 0 saturated carbocycles. The molecule has 0 spiro atoms. The number of H-pyrrole nitrogens is 1. The van der Waals surface area contributed by atoms with Gasteiger partial charge in [-0.3, -0.25) is 19.1 Å². The average molecular weight is 352 g/mol. The Balaban J connectivity index is 1.83. The predicted molar refractivity (Wildman–Crippen MR) is 87.3 cm³/mol. The summed E-state index contributed by atoms with van der Waals surface area (Å²) in [5, 5.41) is 2.41. The number of hydrogen-bond donors (Lipinski definition) is 3. The van der Waals surface area contributed by atoms with Crippen molar-refractivity contribution in [2.75, 3.05) is 18.9 Å². The van der Waals surface area contributed by atoms with E-state index < -0.39 is 17.6 Å². The first-order chi connectivity index (χ1) is 11.9. The molecule has 2 heterocycles. The molecule has 1 amide bonds. The molecule has 136 valence electrons. The van der Waals surface area contributed by atoms with Gasteiger partial charge >= 0.3 is 5.97 Å². The number of hydrogen-bond acceptors (Lipinski definition) is 8. The Morgan fingerprint density at radius 1 is 1.48 bits per heavy atom. The summed E-state index contributed by atoms with van der Waals surface area (Å²) in [6.07, 6.45) is 1.87. The van der Waals surface area contributed by atoms with Crippen molar-refractivity contribution in [3.8, 4) is 0 Å². The van der Waals surface area contributed by atoms with Gasteiger partial charge in [0.2, 0.25) is 12.4 Å². The minimum Gasteiger partial charge on any atom is -0.462 e. The van der Waals surface area contributed by atoms with Crippen LogP contribution in [0, 0.1) is 5.92 Å². The molecule has 0 aromatic carbocycles. The van der Waals surface area contributed by atoms with Crippen LogP contribution in [0.1, 0.15) is 13.8 Å². The summed E-state index contributed by atoms with van der Waals surface area (Å²) in [7, 11) is 0. The van der Waals surface area contributed by atoms with E-state index in [0.717, 1.165) is 0 Å². The molecule has 0 radical (unpaired) electrons. The molecule has 0 aliphatic heterocycles. The minimum absolute atomic E-state index is 0.0180. The van der Waals surface area contributed by atoms with E-state index in [1.165, 1.54) is 10.9 Å². The summed E-state index contributed by atoms with van der Waals surface area (Å²) in [5.74, 6) is -0.638. The molecule has 1 atom stereocenters. The Morgan fingerprint density at radius 2 is 2.24 bits per heavy atom. The van der Waals surface area contributed by atoms with Crippen molar-refractivity contribution in [3.63, 3.8) is 0 Å². The van der Waals surface area contributed by atoms with Gasteiger partial charge in [-0.05, 0) is 5.92 Å². The van der Waals surface area contributed by atoms with E-state index in [1.54, 1.807) is 13.8 Å². The van der Waals surface area contributed by atoms with Crippen LogP contribution in [0.5, 0.6) is 0 Å². The molecule has 0 saturated heterocycles. The van der Waals surface area contributed by atoms with Gasteiger partial charge in [0.15, 0.2) is 11.2 Å². The van der Waals surface area contributed by atoms with Gasteiger partial charge in [-0.2, -0.15) is 4.98 Å². The third-order valence-electron chi connectivity index (χ3n) is 3.36. The Kier molecular flexibility index (Phi) is 6.06. The molecule has 0 aliphatic carbocycles. The number of nitrogens with two attached hydrogens (primary N) is 1. The molecule has 1 unspecified atom stereocenters. The standard InChI is InChI=1S/C14H20N6O5/c1-8(2)9(17-6-21)13(23)25-4-3-24-7-20-5-16-10-11(20)18-14(15)19-12(10)22/h5-6,8-9H,3-4,7H2,1-2H3,(H,17,21)(H3,15,18,19,22). The minimum atomic E-state index is -0.700. The highest BCUT2D eigenvalue weighted by molar-refractivity contribution is 5.78. The highest BCUT2D eigenvalue weighted by Gasteiger charge is 2.22. The predicted octanol–water partition coefficient (Wildman–Crippen LogP) is -1.01. The van der Waals surface area contributed by atoms with Gasteiger partial charge in [-0.25, -0.2) is 9.78 Å². The fourth-order valence-corrected chi connectivity index (χ4v) is 2.13. The number of amides is 1. The number of imidazole rings is 1. The number of aromatic nitrogens is 4. The lowest BCUT2D eigenvalue weighted by molar-refractivity contribution is -0.150. The Labute approximate surface area is 142 Å². The number of esters is 1. The third-order valence-corrected chi connectivity index (χ3v) is 3.36. The summed E-state index contributed by atoms with van der Waals surface area (Å²) in [6.45, 7) is 3.79. The van der Waals surface area contributed by atoms with E-state index >= 15 is 0 Å². The van der Waals surface area contributed by atoms with Crippen LogP contribution in [0.3, 0.4) is 0 Å². The Bertz CT molecular complexity index is 799. The van der Waals surface area contributed by atoms with Crippen molar-refractivity contribution in [3.05, 3.63) is 16.7 Å². The maximum Gasteiger partial charge on any atom is 0.328 e. The highest BCUT2D eigenvalue weighted by Crippen LogP contribution is 2.06. The normalized spacial score (nSPS) is 12.3. The van der Waals surface area contributed by atoms with Crippen molar-refractivity contribution < 1.29 is 19.1 Å². The van der Waals surface area contributed by atoms with Crippen LogP contribution in [0.15, 0.2) is 11.1 Å². The molecule has 0 aliphatic rings. The van der Waals surface area contributed by atoms with E-state index in [-0.39, 0.29) is 37.3 Å². The number of nitrogens with one attached hydrogen (secondary N) is 2. The largest absolute Gasteiger partial charge is 0.462 e. The van der Waals surface area contributed by atoms with Crippen LogP contribution in [0.25, 0.3) is 11.2 Å². The zero-order valence-corrected chi connectivity index (χ0v) is 13.9.